The minimum atomic E-state index is -0.343. The lowest BCUT2D eigenvalue weighted by molar-refractivity contribution is -0.132. The Kier molecular flexibility index (Phi) is 5.34. The van der Waals surface area contributed by atoms with Crippen LogP contribution >= 0.6 is 0 Å². The molecular formula is C16H26N4O2. The molecule has 1 amide bonds. The second-order valence-electron chi connectivity index (χ2n) is 6.36. The molecule has 1 aliphatic rings. The van der Waals surface area contributed by atoms with Crippen molar-refractivity contribution in [3.05, 3.63) is 27.9 Å². The van der Waals surface area contributed by atoms with Crippen molar-refractivity contribution in [3.8, 4) is 0 Å². The van der Waals surface area contributed by atoms with Gasteiger partial charge in [0.05, 0.1) is 0 Å². The van der Waals surface area contributed by atoms with Crippen LogP contribution in [0.2, 0.25) is 0 Å². The zero-order chi connectivity index (χ0) is 16.3. The molecule has 6 heteroatoms. The van der Waals surface area contributed by atoms with E-state index < -0.39 is 0 Å². The number of amides is 1. The van der Waals surface area contributed by atoms with Gasteiger partial charge in [-0.3, -0.25) is 9.36 Å². The lowest BCUT2D eigenvalue weighted by Crippen LogP contribution is -2.44. The van der Waals surface area contributed by atoms with Crippen molar-refractivity contribution in [2.24, 2.45) is 0 Å². The molecule has 22 heavy (non-hydrogen) atoms. The molecule has 0 spiro atoms. The minimum Gasteiger partial charge on any atom is -0.340 e. The Morgan fingerprint density at radius 2 is 2.09 bits per heavy atom. The summed E-state index contributed by atoms with van der Waals surface area (Å²) < 4.78 is 1.46. The average molecular weight is 306 g/mol. The second kappa shape index (κ2) is 7.05. The lowest BCUT2D eigenvalue weighted by Gasteiger charge is -2.28. The molecule has 0 radical (unpaired) electrons. The maximum absolute atomic E-state index is 12.6. The summed E-state index contributed by atoms with van der Waals surface area (Å²) in [6.45, 7) is 5.22. The number of carbonyl (C=O) groups is 1. The topological polar surface area (TPSA) is 58.4 Å². The summed E-state index contributed by atoms with van der Waals surface area (Å²) in [4.78, 5) is 32.6. The molecule has 1 atom stereocenters. The van der Waals surface area contributed by atoms with Crippen molar-refractivity contribution >= 4 is 5.91 Å². The highest BCUT2D eigenvalue weighted by Gasteiger charge is 2.23. The van der Waals surface area contributed by atoms with Gasteiger partial charge in [0.2, 0.25) is 5.91 Å². The smallest absolute Gasteiger partial charge is 0.340 e. The third-order valence-electron chi connectivity index (χ3n) is 4.37. The third kappa shape index (κ3) is 3.94. The molecule has 2 heterocycles. The molecule has 0 aliphatic carbocycles. The van der Waals surface area contributed by atoms with Gasteiger partial charge in [0, 0.05) is 30.5 Å². The SMILES string of the molecule is Cc1cc(C)n(CC(=O)N2CCCC[C@H](N(C)C)C2)c(=O)n1. The van der Waals surface area contributed by atoms with Gasteiger partial charge in [0.15, 0.2) is 0 Å². The first-order valence-corrected chi connectivity index (χ1v) is 7.87. The van der Waals surface area contributed by atoms with E-state index in [-0.39, 0.29) is 18.1 Å². The number of carbonyl (C=O) groups excluding carboxylic acids is 1. The number of hydrogen-bond acceptors (Lipinski definition) is 4. The first kappa shape index (κ1) is 16.7. The zero-order valence-corrected chi connectivity index (χ0v) is 14.0. The standard InChI is InChI=1S/C16H26N4O2/c1-12-9-13(2)20(16(22)17-12)11-15(21)19-8-6-5-7-14(10-19)18(3)4/h9,14H,5-8,10-11H2,1-4H3/t14-/m0/s1. The van der Waals surface area contributed by atoms with E-state index in [4.69, 9.17) is 0 Å². The summed E-state index contributed by atoms with van der Waals surface area (Å²) in [5, 5.41) is 0. The molecule has 0 N–H and O–H groups in total. The van der Waals surface area contributed by atoms with Gasteiger partial charge in [-0.05, 0) is 46.9 Å². The van der Waals surface area contributed by atoms with E-state index in [1.807, 2.05) is 17.9 Å². The number of aromatic nitrogens is 2. The van der Waals surface area contributed by atoms with Crippen LogP contribution in [0, 0.1) is 13.8 Å². The number of rotatable bonds is 3. The molecular weight excluding hydrogens is 280 g/mol. The number of likely N-dealkylation sites (N-methyl/N-ethyl adjacent to an activating group) is 1. The molecule has 122 valence electrons. The molecule has 0 aromatic carbocycles. The van der Waals surface area contributed by atoms with E-state index in [0.29, 0.717) is 11.7 Å². The Morgan fingerprint density at radius 1 is 1.36 bits per heavy atom. The minimum absolute atomic E-state index is 0.00426. The van der Waals surface area contributed by atoms with Crippen molar-refractivity contribution < 1.29 is 4.79 Å². The predicted molar refractivity (Wildman–Crippen MR) is 85.9 cm³/mol. The first-order chi connectivity index (χ1) is 10.4. The summed E-state index contributed by atoms with van der Waals surface area (Å²) in [7, 11) is 4.11. The number of hydrogen-bond donors (Lipinski definition) is 0. The van der Waals surface area contributed by atoms with Gasteiger partial charge in [-0.15, -0.1) is 0 Å². The highest BCUT2D eigenvalue weighted by molar-refractivity contribution is 5.76. The van der Waals surface area contributed by atoms with Crippen molar-refractivity contribution in [2.75, 3.05) is 27.2 Å². The van der Waals surface area contributed by atoms with Gasteiger partial charge < -0.3 is 9.80 Å². The molecule has 1 aromatic rings. The van der Waals surface area contributed by atoms with Gasteiger partial charge in [-0.25, -0.2) is 4.79 Å². The Balaban J connectivity index is 2.13. The lowest BCUT2D eigenvalue weighted by atomic mass is 10.1. The highest BCUT2D eigenvalue weighted by Crippen LogP contribution is 2.14. The molecule has 1 aliphatic heterocycles. The van der Waals surface area contributed by atoms with Crippen LogP contribution in [-0.4, -0.2) is 58.5 Å². The van der Waals surface area contributed by atoms with Gasteiger partial charge in [0.1, 0.15) is 6.54 Å². The van der Waals surface area contributed by atoms with E-state index in [1.165, 1.54) is 4.57 Å². The highest BCUT2D eigenvalue weighted by atomic mass is 16.2. The summed E-state index contributed by atoms with van der Waals surface area (Å²) in [5.74, 6) is 0.00426. The van der Waals surface area contributed by atoms with Crippen molar-refractivity contribution in [1.82, 2.24) is 19.4 Å². The van der Waals surface area contributed by atoms with Crippen LogP contribution in [0.1, 0.15) is 30.7 Å². The van der Waals surface area contributed by atoms with Crippen molar-refractivity contribution in [1.29, 1.82) is 0 Å². The molecule has 1 fully saturated rings. The average Bonchev–Trinajstić information content (AvgIpc) is 2.68. The first-order valence-electron chi connectivity index (χ1n) is 7.87. The fourth-order valence-electron chi connectivity index (χ4n) is 2.97. The van der Waals surface area contributed by atoms with E-state index in [9.17, 15) is 9.59 Å². The quantitative estimate of drug-likeness (QED) is 0.829. The van der Waals surface area contributed by atoms with Crippen molar-refractivity contribution in [2.45, 2.75) is 45.7 Å². The molecule has 1 aromatic heterocycles. The number of likely N-dealkylation sites (tertiary alicyclic amines) is 1. The summed E-state index contributed by atoms with van der Waals surface area (Å²) in [6.07, 6.45) is 3.27. The maximum Gasteiger partial charge on any atom is 0.348 e. The number of aryl methyl sites for hydroxylation is 2. The predicted octanol–water partition coefficient (Wildman–Crippen LogP) is 0.803. The Morgan fingerprint density at radius 3 is 2.73 bits per heavy atom. The normalized spacial score (nSPS) is 19.3. The van der Waals surface area contributed by atoms with Crippen LogP contribution in [0.3, 0.4) is 0 Å². The molecule has 0 bridgehead atoms. The Bertz CT molecular complexity index is 594. The molecule has 6 nitrogen and oxygen atoms in total. The Hall–Kier alpha value is -1.69. The van der Waals surface area contributed by atoms with Gasteiger partial charge in [-0.1, -0.05) is 6.42 Å². The fourth-order valence-corrected chi connectivity index (χ4v) is 2.97. The second-order valence-corrected chi connectivity index (χ2v) is 6.36. The third-order valence-corrected chi connectivity index (χ3v) is 4.37. The van der Waals surface area contributed by atoms with E-state index in [2.05, 4.69) is 24.0 Å². The van der Waals surface area contributed by atoms with Gasteiger partial charge >= 0.3 is 5.69 Å². The van der Waals surface area contributed by atoms with Gasteiger partial charge in [0.25, 0.3) is 0 Å². The van der Waals surface area contributed by atoms with E-state index >= 15 is 0 Å². The summed E-state index contributed by atoms with van der Waals surface area (Å²) >= 11 is 0. The van der Waals surface area contributed by atoms with Crippen LogP contribution in [0.4, 0.5) is 0 Å². The van der Waals surface area contributed by atoms with Crippen LogP contribution in [0.25, 0.3) is 0 Å². The Labute approximate surface area is 131 Å². The van der Waals surface area contributed by atoms with E-state index in [1.54, 1.807) is 6.92 Å². The van der Waals surface area contributed by atoms with Crippen LogP contribution in [0.15, 0.2) is 10.9 Å². The molecule has 1 saturated heterocycles. The molecule has 0 unspecified atom stereocenters. The fraction of sp³-hybridized carbons (Fsp3) is 0.688. The van der Waals surface area contributed by atoms with E-state index in [0.717, 1.165) is 38.0 Å². The van der Waals surface area contributed by atoms with Crippen LogP contribution in [0.5, 0.6) is 0 Å². The molecule has 0 saturated carbocycles. The van der Waals surface area contributed by atoms with Crippen LogP contribution in [-0.2, 0) is 11.3 Å². The largest absolute Gasteiger partial charge is 0.348 e. The number of nitrogens with zero attached hydrogens (tertiary/aromatic N) is 4. The summed E-state index contributed by atoms with van der Waals surface area (Å²) in [5.41, 5.74) is 1.13. The monoisotopic (exact) mass is 306 g/mol. The van der Waals surface area contributed by atoms with Crippen LogP contribution < -0.4 is 5.69 Å². The maximum atomic E-state index is 12.6. The summed E-state index contributed by atoms with van der Waals surface area (Å²) in [6, 6.07) is 2.22. The zero-order valence-electron chi connectivity index (χ0n) is 14.0. The van der Waals surface area contributed by atoms with Gasteiger partial charge in [-0.2, -0.15) is 4.98 Å². The molecule has 2 rings (SSSR count). The van der Waals surface area contributed by atoms with Crippen molar-refractivity contribution in [3.63, 3.8) is 0 Å².